The number of aromatic nitrogens is 2. The van der Waals surface area contributed by atoms with Gasteiger partial charge in [-0.3, -0.25) is 9.36 Å². The van der Waals surface area contributed by atoms with Gasteiger partial charge in [-0.05, 0) is 31.9 Å². The van der Waals surface area contributed by atoms with Crippen molar-refractivity contribution in [2.45, 2.75) is 44.8 Å². The molecule has 1 heterocycles. The predicted molar refractivity (Wildman–Crippen MR) is 86.9 cm³/mol. The zero-order chi connectivity index (χ0) is 15.2. The van der Waals surface area contributed by atoms with E-state index >= 15 is 0 Å². The predicted octanol–water partition coefficient (Wildman–Crippen LogP) is 3.27. The molecule has 2 rings (SSSR count). The molecule has 0 aliphatic carbocycles. The van der Waals surface area contributed by atoms with Crippen LogP contribution in [-0.4, -0.2) is 21.1 Å². The van der Waals surface area contributed by atoms with Gasteiger partial charge in [-0.25, -0.2) is 4.98 Å². The molecule has 0 saturated heterocycles. The maximum atomic E-state index is 12.5. The SMILES string of the molecule is CCCn1c(SCCCC(C)=O)nc2ccccc2c1=O. The molecule has 0 spiro atoms. The highest BCUT2D eigenvalue weighted by Crippen LogP contribution is 2.19. The topological polar surface area (TPSA) is 52.0 Å². The number of nitrogens with zero attached hydrogens (tertiary/aromatic N) is 2. The van der Waals surface area contributed by atoms with Gasteiger partial charge in [-0.2, -0.15) is 0 Å². The van der Waals surface area contributed by atoms with Crippen LogP contribution >= 0.6 is 11.8 Å². The molecule has 1 aromatic heterocycles. The molecular weight excluding hydrogens is 284 g/mol. The van der Waals surface area contributed by atoms with Gasteiger partial charge < -0.3 is 4.79 Å². The van der Waals surface area contributed by atoms with E-state index < -0.39 is 0 Å². The number of Topliss-reactive ketones (excluding diaryl/α,β-unsaturated/α-hetero) is 1. The molecular formula is C16H20N2O2S. The van der Waals surface area contributed by atoms with Gasteiger partial charge in [-0.15, -0.1) is 0 Å². The zero-order valence-electron chi connectivity index (χ0n) is 12.5. The van der Waals surface area contributed by atoms with E-state index in [1.54, 1.807) is 23.3 Å². The molecule has 0 fully saturated rings. The summed E-state index contributed by atoms with van der Waals surface area (Å²) in [6.45, 7) is 4.32. The molecule has 0 aliphatic heterocycles. The third kappa shape index (κ3) is 3.94. The van der Waals surface area contributed by atoms with Gasteiger partial charge in [0.1, 0.15) is 5.78 Å². The Morgan fingerprint density at radius 2 is 2.10 bits per heavy atom. The molecule has 0 saturated carbocycles. The molecule has 1 aromatic carbocycles. The van der Waals surface area contributed by atoms with E-state index in [1.807, 2.05) is 31.2 Å². The second-order valence-corrected chi connectivity index (χ2v) is 6.08. The smallest absolute Gasteiger partial charge is 0.262 e. The first-order valence-corrected chi connectivity index (χ1v) is 8.24. The minimum absolute atomic E-state index is 0.0246. The average molecular weight is 304 g/mol. The summed E-state index contributed by atoms with van der Waals surface area (Å²) in [5, 5.41) is 1.42. The summed E-state index contributed by atoms with van der Waals surface area (Å²) in [5.41, 5.74) is 0.764. The first-order valence-electron chi connectivity index (χ1n) is 7.25. The van der Waals surface area contributed by atoms with Crippen LogP contribution in [-0.2, 0) is 11.3 Å². The minimum Gasteiger partial charge on any atom is -0.300 e. The minimum atomic E-state index is 0.0246. The Kier molecular flexibility index (Phi) is 5.56. The number of hydrogen-bond donors (Lipinski definition) is 0. The van der Waals surface area contributed by atoms with Gasteiger partial charge in [-0.1, -0.05) is 30.8 Å². The molecule has 4 nitrogen and oxygen atoms in total. The lowest BCUT2D eigenvalue weighted by Gasteiger charge is -2.12. The number of fused-ring (bicyclic) bond motifs is 1. The number of benzene rings is 1. The van der Waals surface area contributed by atoms with Crippen molar-refractivity contribution in [3.63, 3.8) is 0 Å². The van der Waals surface area contributed by atoms with Gasteiger partial charge in [0.2, 0.25) is 0 Å². The van der Waals surface area contributed by atoms with Crippen LogP contribution < -0.4 is 5.56 Å². The van der Waals surface area contributed by atoms with Gasteiger partial charge in [0, 0.05) is 18.7 Å². The van der Waals surface area contributed by atoms with Crippen molar-refractivity contribution < 1.29 is 4.79 Å². The number of ketones is 1. The van der Waals surface area contributed by atoms with Crippen LogP contribution in [0.5, 0.6) is 0 Å². The Morgan fingerprint density at radius 1 is 1.33 bits per heavy atom. The van der Waals surface area contributed by atoms with E-state index in [4.69, 9.17) is 0 Å². The molecule has 21 heavy (non-hydrogen) atoms. The first-order chi connectivity index (χ1) is 10.1. The summed E-state index contributed by atoms with van der Waals surface area (Å²) in [7, 11) is 0. The number of carbonyl (C=O) groups is 1. The molecule has 0 unspecified atom stereocenters. The fraction of sp³-hybridized carbons (Fsp3) is 0.438. The molecule has 0 atom stereocenters. The van der Waals surface area contributed by atoms with Crippen molar-refractivity contribution >= 4 is 28.4 Å². The number of carbonyl (C=O) groups excluding carboxylic acids is 1. The maximum Gasteiger partial charge on any atom is 0.262 e. The number of hydrogen-bond acceptors (Lipinski definition) is 4. The second kappa shape index (κ2) is 7.41. The van der Waals surface area contributed by atoms with Crippen LogP contribution in [0.2, 0.25) is 0 Å². The second-order valence-electron chi connectivity index (χ2n) is 5.02. The van der Waals surface area contributed by atoms with Crippen LogP contribution in [0, 0.1) is 0 Å². The molecule has 2 aromatic rings. The summed E-state index contributed by atoms with van der Waals surface area (Å²) in [5.74, 6) is 1.00. The summed E-state index contributed by atoms with van der Waals surface area (Å²) in [4.78, 5) is 28.1. The third-order valence-electron chi connectivity index (χ3n) is 3.18. The van der Waals surface area contributed by atoms with E-state index in [2.05, 4.69) is 4.98 Å². The normalized spacial score (nSPS) is 11.0. The lowest BCUT2D eigenvalue weighted by molar-refractivity contribution is -0.117. The maximum absolute atomic E-state index is 12.5. The van der Waals surface area contributed by atoms with Crippen molar-refractivity contribution in [1.29, 1.82) is 0 Å². The van der Waals surface area contributed by atoms with Crippen LogP contribution in [0.25, 0.3) is 10.9 Å². The average Bonchev–Trinajstić information content (AvgIpc) is 2.47. The molecule has 0 amide bonds. The Morgan fingerprint density at radius 3 is 2.81 bits per heavy atom. The van der Waals surface area contributed by atoms with Crippen molar-refractivity contribution in [2.75, 3.05) is 5.75 Å². The van der Waals surface area contributed by atoms with Gasteiger partial charge in [0.25, 0.3) is 5.56 Å². The van der Waals surface area contributed by atoms with Crippen LogP contribution in [0.3, 0.4) is 0 Å². The summed E-state index contributed by atoms with van der Waals surface area (Å²) >= 11 is 1.56. The van der Waals surface area contributed by atoms with Crippen LogP contribution in [0.15, 0.2) is 34.2 Å². The Balaban J connectivity index is 2.29. The summed E-state index contributed by atoms with van der Waals surface area (Å²) in [6.07, 6.45) is 2.29. The van der Waals surface area contributed by atoms with E-state index in [9.17, 15) is 9.59 Å². The quantitative estimate of drug-likeness (QED) is 0.447. The highest BCUT2D eigenvalue weighted by atomic mass is 32.2. The van der Waals surface area contributed by atoms with Crippen molar-refractivity contribution in [3.8, 4) is 0 Å². The fourth-order valence-electron chi connectivity index (χ4n) is 2.16. The van der Waals surface area contributed by atoms with Gasteiger partial charge in [0.05, 0.1) is 10.9 Å². The lowest BCUT2D eigenvalue weighted by atomic mass is 10.2. The number of rotatable bonds is 7. The Labute approximate surface area is 128 Å². The van der Waals surface area contributed by atoms with E-state index in [0.717, 1.165) is 29.3 Å². The van der Waals surface area contributed by atoms with Gasteiger partial charge in [0.15, 0.2) is 5.16 Å². The fourth-order valence-corrected chi connectivity index (χ4v) is 3.13. The number of para-hydroxylation sites is 1. The van der Waals surface area contributed by atoms with Gasteiger partial charge >= 0.3 is 0 Å². The standard InChI is InChI=1S/C16H20N2O2S/c1-3-10-18-15(20)13-8-4-5-9-14(13)17-16(18)21-11-6-7-12(2)19/h4-5,8-9H,3,6-7,10-11H2,1-2H3. The van der Waals surface area contributed by atoms with E-state index in [-0.39, 0.29) is 11.3 Å². The molecule has 5 heteroatoms. The van der Waals surface area contributed by atoms with Crippen LogP contribution in [0.4, 0.5) is 0 Å². The first kappa shape index (κ1) is 15.8. The largest absolute Gasteiger partial charge is 0.300 e. The lowest BCUT2D eigenvalue weighted by Crippen LogP contribution is -2.23. The zero-order valence-corrected chi connectivity index (χ0v) is 13.3. The molecule has 0 bridgehead atoms. The van der Waals surface area contributed by atoms with Crippen molar-refractivity contribution in [2.24, 2.45) is 0 Å². The van der Waals surface area contributed by atoms with Crippen molar-refractivity contribution in [3.05, 3.63) is 34.6 Å². The number of thioether (sulfide) groups is 1. The Hall–Kier alpha value is -1.62. The monoisotopic (exact) mass is 304 g/mol. The molecule has 0 aliphatic rings. The highest BCUT2D eigenvalue weighted by molar-refractivity contribution is 7.99. The molecule has 0 N–H and O–H groups in total. The van der Waals surface area contributed by atoms with Crippen LogP contribution in [0.1, 0.15) is 33.1 Å². The molecule has 112 valence electrons. The van der Waals surface area contributed by atoms with E-state index in [0.29, 0.717) is 18.4 Å². The third-order valence-corrected chi connectivity index (χ3v) is 4.24. The van der Waals surface area contributed by atoms with Crippen molar-refractivity contribution in [1.82, 2.24) is 9.55 Å². The Bertz CT molecular complexity index is 694. The highest BCUT2D eigenvalue weighted by Gasteiger charge is 2.10. The van der Waals surface area contributed by atoms with E-state index in [1.165, 1.54) is 0 Å². The summed E-state index contributed by atoms with van der Waals surface area (Å²) < 4.78 is 1.75. The summed E-state index contributed by atoms with van der Waals surface area (Å²) in [6, 6.07) is 7.44. The molecule has 0 radical (unpaired) electrons.